The minimum Gasteiger partial charge on any atom is -0.481 e. The van der Waals surface area contributed by atoms with Gasteiger partial charge in [-0.05, 0) is 31.0 Å². The molecule has 1 atom stereocenters. The van der Waals surface area contributed by atoms with Gasteiger partial charge in [0.2, 0.25) is 0 Å². The summed E-state index contributed by atoms with van der Waals surface area (Å²) in [5.74, 6) is -2.18. The maximum absolute atomic E-state index is 13.0. The van der Waals surface area contributed by atoms with Gasteiger partial charge < -0.3 is 5.11 Å². The van der Waals surface area contributed by atoms with Crippen molar-refractivity contribution in [1.29, 1.82) is 0 Å². The lowest BCUT2D eigenvalue weighted by Crippen LogP contribution is -2.12. The Morgan fingerprint density at radius 1 is 1.62 bits per heavy atom. The first-order valence-electron chi connectivity index (χ1n) is 4.78. The van der Waals surface area contributed by atoms with Gasteiger partial charge in [-0.15, -0.1) is 0 Å². The van der Waals surface area contributed by atoms with E-state index in [1.165, 1.54) is 23.7 Å². The van der Waals surface area contributed by atoms with Gasteiger partial charge in [0, 0.05) is 5.54 Å². The fourth-order valence-corrected chi connectivity index (χ4v) is 1.53. The molecule has 1 rings (SSSR count). The Labute approximate surface area is 98.4 Å². The predicted molar refractivity (Wildman–Crippen MR) is 61.0 cm³/mol. The van der Waals surface area contributed by atoms with Crippen molar-refractivity contribution in [3.63, 3.8) is 0 Å². The molecule has 0 bridgehead atoms. The van der Waals surface area contributed by atoms with E-state index in [0.29, 0.717) is 5.56 Å². The molecular formula is C12H12ClFO2. The highest BCUT2D eigenvalue weighted by Crippen LogP contribution is 2.24. The van der Waals surface area contributed by atoms with Gasteiger partial charge in [0.15, 0.2) is 0 Å². The molecule has 0 aliphatic rings. The summed E-state index contributed by atoms with van der Waals surface area (Å²) in [5, 5.41) is 9.07. The number of hydrogen-bond acceptors (Lipinski definition) is 1. The topological polar surface area (TPSA) is 37.3 Å². The number of hydrogen-bond donors (Lipinski definition) is 1. The Morgan fingerprint density at radius 3 is 2.81 bits per heavy atom. The predicted octanol–water partition coefficient (Wildman–Crippen LogP) is 3.53. The number of carboxylic acid groups (broad SMARTS) is 1. The summed E-state index contributed by atoms with van der Waals surface area (Å²) in [5.41, 5.74) is 2.54. The molecule has 16 heavy (non-hydrogen) atoms. The van der Waals surface area contributed by atoms with Gasteiger partial charge in [0.1, 0.15) is 5.82 Å². The monoisotopic (exact) mass is 242 g/mol. The summed E-state index contributed by atoms with van der Waals surface area (Å²) in [6, 6.07) is 5.62. The van der Waals surface area contributed by atoms with E-state index in [1.807, 2.05) is 0 Å². The molecule has 1 N–H and O–H groups in total. The van der Waals surface area contributed by atoms with Crippen molar-refractivity contribution < 1.29 is 14.3 Å². The molecule has 0 radical (unpaired) electrons. The molecule has 1 aromatic carbocycles. The van der Waals surface area contributed by atoms with E-state index in [9.17, 15) is 9.18 Å². The standard InChI is InChI=1S/C12H12ClFO2/c1-8(7-13)5-11(12(15)16)9-3-2-4-10(14)6-9/h2-4,6-7,11H,5H2,1H3,(H,15,16)/b8-7-. The molecule has 0 saturated carbocycles. The van der Waals surface area contributed by atoms with E-state index in [2.05, 4.69) is 0 Å². The third-order valence-electron chi connectivity index (χ3n) is 2.26. The molecule has 0 heterocycles. The summed E-state index contributed by atoms with van der Waals surface area (Å²) in [7, 11) is 0. The van der Waals surface area contributed by atoms with Crippen LogP contribution in [0.2, 0.25) is 0 Å². The Morgan fingerprint density at radius 2 is 2.31 bits per heavy atom. The molecule has 0 aliphatic carbocycles. The molecule has 2 nitrogen and oxygen atoms in total. The van der Waals surface area contributed by atoms with Crippen molar-refractivity contribution >= 4 is 17.6 Å². The molecule has 4 heteroatoms. The van der Waals surface area contributed by atoms with Crippen LogP contribution >= 0.6 is 11.6 Å². The molecule has 1 unspecified atom stereocenters. The van der Waals surface area contributed by atoms with Crippen LogP contribution in [0.3, 0.4) is 0 Å². The summed E-state index contributed by atoms with van der Waals surface area (Å²) in [4.78, 5) is 11.1. The van der Waals surface area contributed by atoms with Crippen LogP contribution in [0.25, 0.3) is 0 Å². The summed E-state index contributed by atoms with van der Waals surface area (Å²) in [6.45, 7) is 1.74. The van der Waals surface area contributed by atoms with Crippen LogP contribution in [0.1, 0.15) is 24.8 Å². The largest absolute Gasteiger partial charge is 0.481 e. The van der Waals surface area contributed by atoms with Crippen molar-refractivity contribution in [3.05, 3.63) is 46.8 Å². The maximum atomic E-state index is 13.0. The van der Waals surface area contributed by atoms with Crippen molar-refractivity contribution in [2.75, 3.05) is 0 Å². The summed E-state index contributed by atoms with van der Waals surface area (Å²) in [6.07, 6.45) is 0.280. The van der Waals surface area contributed by atoms with E-state index >= 15 is 0 Å². The zero-order valence-electron chi connectivity index (χ0n) is 8.78. The fraction of sp³-hybridized carbons (Fsp3) is 0.250. The third-order valence-corrected chi connectivity index (χ3v) is 2.63. The van der Waals surface area contributed by atoms with Crippen molar-refractivity contribution in [1.82, 2.24) is 0 Å². The minimum atomic E-state index is -0.983. The van der Waals surface area contributed by atoms with Crippen LogP contribution in [0.5, 0.6) is 0 Å². The van der Waals surface area contributed by atoms with Gasteiger partial charge in [-0.25, -0.2) is 4.39 Å². The Balaban J connectivity index is 2.98. The van der Waals surface area contributed by atoms with Gasteiger partial charge in [0.25, 0.3) is 0 Å². The highest BCUT2D eigenvalue weighted by Gasteiger charge is 2.20. The molecule has 0 aromatic heterocycles. The van der Waals surface area contributed by atoms with Crippen LogP contribution in [0.4, 0.5) is 4.39 Å². The van der Waals surface area contributed by atoms with Crippen molar-refractivity contribution in [2.24, 2.45) is 0 Å². The van der Waals surface area contributed by atoms with Crippen molar-refractivity contribution in [2.45, 2.75) is 19.3 Å². The fourth-order valence-electron chi connectivity index (χ4n) is 1.44. The molecular weight excluding hydrogens is 231 g/mol. The Kier molecular flexibility index (Phi) is 4.50. The first-order chi connectivity index (χ1) is 7.54. The number of aliphatic carboxylic acids is 1. The van der Waals surface area contributed by atoms with Gasteiger partial charge in [-0.3, -0.25) is 4.79 Å². The number of carboxylic acids is 1. The average molecular weight is 243 g/mol. The zero-order chi connectivity index (χ0) is 12.1. The van der Waals surface area contributed by atoms with Crippen LogP contribution in [-0.2, 0) is 4.79 Å². The lowest BCUT2D eigenvalue weighted by molar-refractivity contribution is -0.138. The SMILES string of the molecule is C/C(=C/Cl)CC(C(=O)O)c1cccc(F)c1. The van der Waals surface area contributed by atoms with Crippen LogP contribution in [0.15, 0.2) is 35.4 Å². The van der Waals surface area contributed by atoms with Crippen LogP contribution in [0, 0.1) is 5.82 Å². The van der Waals surface area contributed by atoms with Crippen LogP contribution < -0.4 is 0 Å². The van der Waals surface area contributed by atoms with Gasteiger partial charge in [0.05, 0.1) is 5.92 Å². The smallest absolute Gasteiger partial charge is 0.311 e. The quantitative estimate of drug-likeness (QED) is 0.877. The first kappa shape index (κ1) is 12.7. The van der Waals surface area contributed by atoms with E-state index in [-0.39, 0.29) is 6.42 Å². The highest BCUT2D eigenvalue weighted by atomic mass is 35.5. The number of carbonyl (C=O) groups is 1. The van der Waals surface area contributed by atoms with E-state index in [4.69, 9.17) is 16.7 Å². The van der Waals surface area contributed by atoms with E-state index in [0.717, 1.165) is 5.57 Å². The Hall–Kier alpha value is -1.35. The summed E-state index contributed by atoms with van der Waals surface area (Å²) < 4.78 is 13.0. The Bertz CT molecular complexity index is 415. The normalized spacial score (nSPS) is 13.6. The lowest BCUT2D eigenvalue weighted by Gasteiger charge is -2.12. The maximum Gasteiger partial charge on any atom is 0.311 e. The van der Waals surface area contributed by atoms with E-state index in [1.54, 1.807) is 13.0 Å². The average Bonchev–Trinajstić information content (AvgIpc) is 2.25. The summed E-state index contributed by atoms with van der Waals surface area (Å²) >= 11 is 5.49. The molecule has 86 valence electrons. The second-order valence-corrected chi connectivity index (χ2v) is 3.82. The van der Waals surface area contributed by atoms with Gasteiger partial charge >= 0.3 is 5.97 Å². The molecule has 1 aromatic rings. The highest BCUT2D eigenvalue weighted by molar-refractivity contribution is 6.25. The molecule has 0 saturated heterocycles. The third kappa shape index (κ3) is 3.35. The van der Waals surface area contributed by atoms with Crippen molar-refractivity contribution in [3.8, 4) is 0 Å². The number of benzene rings is 1. The lowest BCUT2D eigenvalue weighted by atomic mass is 9.93. The molecule has 0 fully saturated rings. The number of halogens is 2. The second-order valence-electron chi connectivity index (χ2n) is 3.61. The number of rotatable bonds is 4. The number of allylic oxidation sites excluding steroid dienone is 1. The molecule has 0 spiro atoms. The molecule has 0 aliphatic heterocycles. The van der Waals surface area contributed by atoms with E-state index < -0.39 is 17.7 Å². The van der Waals surface area contributed by atoms with Crippen LogP contribution in [-0.4, -0.2) is 11.1 Å². The first-order valence-corrected chi connectivity index (χ1v) is 5.22. The van der Waals surface area contributed by atoms with Gasteiger partial charge in [-0.1, -0.05) is 29.3 Å². The minimum absolute atomic E-state index is 0.280. The van der Waals surface area contributed by atoms with Gasteiger partial charge in [-0.2, -0.15) is 0 Å². The molecule has 0 amide bonds. The zero-order valence-corrected chi connectivity index (χ0v) is 9.54. The second kappa shape index (κ2) is 5.66.